The van der Waals surface area contributed by atoms with Gasteiger partial charge >= 0.3 is 6.03 Å². The zero-order valence-electron chi connectivity index (χ0n) is 13.7. The first-order chi connectivity index (χ1) is 11.2. The van der Waals surface area contributed by atoms with Gasteiger partial charge in [0.15, 0.2) is 0 Å². The van der Waals surface area contributed by atoms with E-state index in [0.29, 0.717) is 18.6 Å². The Balaban J connectivity index is 1.56. The highest BCUT2D eigenvalue weighted by Crippen LogP contribution is 2.26. The molecule has 2 N–H and O–H groups in total. The maximum absolute atomic E-state index is 12.4. The maximum atomic E-state index is 12.4. The van der Waals surface area contributed by atoms with Crippen LogP contribution < -0.4 is 10.1 Å². The predicted molar refractivity (Wildman–Crippen MR) is 89.7 cm³/mol. The number of hydrogen-bond donors (Lipinski definition) is 2. The molecule has 3 rings (SSSR count). The molecular weight excluding hydrogens is 292 g/mol. The van der Waals surface area contributed by atoms with Crippen LogP contribution in [0.4, 0.5) is 10.5 Å². The molecule has 1 aromatic rings. The molecule has 1 aliphatic carbocycles. The third-order valence-electron chi connectivity index (χ3n) is 5.04. The van der Waals surface area contributed by atoms with E-state index >= 15 is 0 Å². The van der Waals surface area contributed by atoms with Crippen LogP contribution in [0.5, 0.6) is 5.75 Å². The van der Waals surface area contributed by atoms with Gasteiger partial charge in [-0.05, 0) is 62.3 Å². The van der Waals surface area contributed by atoms with E-state index in [2.05, 4.69) is 12.2 Å². The van der Waals surface area contributed by atoms with Crippen molar-refractivity contribution in [2.45, 2.75) is 51.2 Å². The highest BCUT2D eigenvalue weighted by molar-refractivity contribution is 5.89. The van der Waals surface area contributed by atoms with Gasteiger partial charge in [-0.1, -0.05) is 6.92 Å². The lowest BCUT2D eigenvalue weighted by Gasteiger charge is -2.25. The summed E-state index contributed by atoms with van der Waals surface area (Å²) in [4.78, 5) is 14.1. The summed E-state index contributed by atoms with van der Waals surface area (Å²) in [5.41, 5.74) is 0.755. The topological polar surface area (TPSA) is 61.8 Å². The van der Waals surface area contributed by atoms with E-state index in [1.807, 2.05) is 24.3 Å². The van der Waals surface area contributed by atoms with Gasteiger partial charge in [0.25, 0.3) is 0 Å². The van der Waals surface area contributed by atoms with Crippen LogP contribution in [-0.4, -0.2) is 41.3 Å². The molecule has 1 heterocycles. The summed E-state index contributed by atoms with van der Waals surface area (Å²) in [7, 11) is 0. The van der Waals surface area contributed by atoms with Crippen LogP contribution in [0, 0.1) is 5.92 Å². The van der Waals surface area contributed by atoms with Gasteiger partial charge in [0.2, 0.25) is 0 Å². The predicted octanol–water partition coefficient (Wildman–Crippen LogP) is 3.24. The smallest absolute Gasteiger partial charge is 0.322 e. The lowest BCUT2D eigenvalue weighted by Crippen LogP contribution is -2.42. The lowest BCUT2D eigenvalue weighted by atomic mass is 10.0. The Morgan fingerprint density at radius 2 is 1.96 bits per heavy atom. The van der Waals surface area contributed by atoms with Gasteiger partial charge in [-0.15, -0.1) is 0 Å². The van der Waals surface area contributed by atoms with Crippen LogP contribution >= 0.6 is 0 Å². The summed E-state index contributed by atoms with van der Waals surface area (Å²) in [6.07, 6.45) is 6.04. The van der Waals surface area contributed by atoms with Gasteiger partial charge in [-0.25, -0.2) is 4.79 Å². The van der Waals surface area contributed by atoms with Crippen LogP contribution in [-0.2, 0) is 0 Å². The molecule has 0 aromatic heterocycles. The first-order valence-electron chi connectivity index (χ1n) is 8.62. The Hall–Kier alpha value is -1.75. The zero-order valence-corrected chi connectivity index (χ0v) is 13.7. The highest BCUT2D eigenvalue weighted by Gasteiger charge is 2.33. The molecule has 0 spiro atoms. The number of ether oxygens (including phenoxy) is 1. The van der Waals surface area contributed by atoms with Crippen LogP contribution in [0.2, 0.25) is 0 Å². The van der Waals surface area contributed by atoms with Crippen molar-refractivity contribution in [2.75, 3.05) is 18.5 Å². The van der Waals surface area contributed by atoms with E-state index in [-0.39, 0.29) is 18.7 Å². The monoisotopic (exact) mass is 318 g/mol. The minimum Gasteiger partial charge on any atom is -0.490 e. The SMILES string of the molecule is C[C@@H]1CCN(C(=O)Nc2ccc(OC3CCCC3)cc2)[C@@H]1CO. The zero-order chi connectivity index (χ0) is 16.2. The van der Waals surface area contributed by atoms with Crippen molar-refractivity contribution >= 4 is 11.7 Å². The fraction of sp³-hybridized carbons (Fsp3) is 0.611. The number of aliphatic hydroxyl groups is 1. The first kappa shape index (κ1) is 16.1. The Kier molecular flexibility index (Phi) is 5.06. The second-order valence-electron chi connectivity index (χ2n) is 6.69. The standard InChI is InChI=1S/C18H26N2O3/c1-13-10-11-20(17(13)12-21)18(22)19-14-6-8-16(9-7-14)23-15-4-2-3-5-15/h6-9,13,15,17,21H,2-5,10-12H2,1H3,(H,19,22)/t13-,17-/m1/s1. The largest absolute Gasteiger partial charge is 0.490 e. The van der Waals surface area contributed by atoms with Crippen molar-refractivity contribution in [1.29, 1.82) is 0 Å². The average Bonchev–Trinajstić information content (AvgIpc) is 3.18. The van der Waals surface area contributed by atoms with Crippen LogP contribution in [0.3, 0.4) is 0 Å². The molecule has 5 nitrogen and oxygen atoms in total. The van der Waals surface area contributed by atoms with E-state index in [9.17, 15) is 9.90 Å². The number of carbonyl (C=O) groups is 1. The lowest BCUT2D eigenvalue weighted by molar-refractivity contribution is 0.152. The third kappa shape index (κ3) is 3.78. The Morgan fingerprint density at radius 3 is 2.61 bits per heavy atom. The van der Waals surface area contributed by atoms with Crippen molar-refractivity contribution in [2.24, 2.45) is 5.92 Å². The second-order valence-corrected chi connectivity index (χ2v) is 6.69. The van der Waals surface area contributed by atoms with Gasteiger partial charge in [0, 0.05) is 12.2 Å². The summed E-state index contributed by atoms with van der Waals surface area (Å²) in [6, 6.07) is 7.33. The number of nitrogens with zero attached hydrogens (tertiary/aromatic N) is 1. The summed E-state index contributed by atoms with van der Waals surface area (Å²) < 4.78 is 5.93. The molecule has 5 heteroatoms. The summed E-state index contributed by atoms with van der Waals surface area (Å²) in [5, 5.41) is 12.4. The number of hydrogen-bond acceptors (Lipinski definition) is 3. The molecule has 23 heavy (non-hydrogen) atoms. The number of anilines is 1. The molecule has 0 unspecified atom stereocenters. The van der Waals surface area contributed by atoms with Crippen LogP contribution in [0.1, 0.15) is 39.0 Å². The minimum absolute atomic E-state index is 0.0166. The number of aliphatic hydroxyl groups excluding tert-OH is 1. The maximum Gasteiger partial charge on any atom is 0.322 e. The molecular formula is C18H26N2O3. The molecule has 1 aromatic carbocycles. The van der Waals surface area contributed by atoms with Gasteiger partial charge in [-0.2, -0.15) is 0 Å². The van der Waals surface area contributed by atoms with Crippen molar-refractivity contribution in [3.8, 4) is 5.75 Å². The van der Waals surface area contributed by atoms with Crippen molar-refractivity contribution in [3.05, 3.63) is 24.3 Å². The van der Waals surface area contributed by atoms with Gasteiger partial charge < -0.3 is 20.1 Å². The van der Waals surface area contributed by atoms with E-state index in [4.69, 9.17) is 4.74 Å². The van der Waals surface area contributed by atoms with Gasteiger partial charge in [0.05, 0.1) is 18.8 Å². The molecule has 2 fully saturated rings. The molecule has 2 atom stereocenters. The van der Waals surface area contributed by atoms with Gasteiger partial charge in [0.1, 0.15) is 5.75 Å². The highest BCUT2D eigenvalue weighted by atomic mass is 16.5. The normalized spacial score (nSPS) is 24.9. The first-order valence-corrected chi connectivity index (χ1v) is 8.62. The molecule has 1 saturated carbocycles. The van der Waals surface area contributed by atoms with Crippen molar-refractivity contribution in [3.63, 3.8) is 0 Å². The molecule has 1 aliphatic heterocycles. The summed E-state index contributed by atoms with van der Waals surface area (Å²) >= 11 is 0. The fourth-order valence-corrected chi connectivity index (χ4v) is 3.55. The summed E-state index contributed by atoms with van der Waals surface area (Å²) in [6.45, 7) is 2.78. The Morgan fingerprint density at radius 1 is 1.26 bits per heavy atom. The van der Waals surface area contributed by atoms with Crippen LogP contribution in [0.25, 0.3) is 0 Å². The van der Waals surface area contributed by atoms with Crippen molar-refractivity contribution < 1.29 is 14.6 Å². The molecule has 2 amide bonds. The number of benzene rings is 1. The van der Waals surface area contributed by atoms with E-state index in [1.165, 1.54) is 12.8 Å². The van der Waals surface area contributed by atoms with E-state index < -0.39 is 0 Å². The molecule has 126 valence electrons. The number of likely N-dealkylation sites (tertiary alicyclic amines) is 1. The Labute approximate surface area is 137 Å². The molecule has 2 aliphatic rings. The van der Waals surface area contributed by atoms with Crippen molar-refractivity contribution in [1.82, 2.24) is 4.90 Å². The fourth-order valence-electron chi connectivity index (χ4n) is 3.55. The average molecular weight is 318 g/mol. The number of nitrogens with one attached hydrogen (secondary N) is 1. The number of carbonyl (C=O) groups excluding carboxylic acids is 1. The minimum atomic E-state index is -0.141. The van der Waals surface area contributed by atoms with Crippen LogP contribution in [0.15, 0.2) is 24.3 Å². The van der Waals surface area contributed by atoms with Gasteiger partial charge in [-0.3, -0.25) is 0 Å². The number of urea groups is 1. The number of amides is 2. The number of rotatable bonds is 4. The molecule has 1 saturated heterocycles. The Bertz CT molecular complexity index is 526. The van der Waals surface area contributed by atoms with E-state index in [1.54, 1.807) is 4.90 Å². The molecule has 0 radical (unpaired) electrons. The molecule has 0 bridgehead atoms. The second kappa shape index (κ2) is 7.21. The quantitative estimate of drug-likeness (QED) is 0.896. The third-order valence-corrected chi connectivity index (χ3v) is 5.04. The summed E-state index contributed by atoms with van der Waals surface area (Å²) in [5.74, 6) is 1.20. The van der Waals surface area contributed by atoms with E-state index in [0.717, 1.165) is 30.7 Å².